The molecule has 7 atom stereocenters. The van der Waals surface area contributed by atoms with Crippen LogP contribution < -0.4 is 0 Å². The molecule has 0 unspecified atom stereocenters. The highest BCUT2D eigenvalue weighted by Gasteiger charge is 2.64. The number of nitrogens with zero attached hydrogens (tertiary/aromatic N) is 1. The summed E-state index contributed by atoms with van der Waals surface area (Å²) in [6.07, 6.45) is 3.46. The highest BCUT2D eigenvalue weighted by molar-refractivity contribution is 7.86. The number of ether oxygens (including phenoxy) is 2. The Kier molecular flexibility index (Phi) is 5.34. The molecule has 2 bridgehead atoms. The van der Waals surface area contributed by atoms with Crippen molar-refractivity contribution in [2.75, 3.05) is 14.2 Å². The molecule has 5 rings (SSSR count). The largest absolute Gasteiger partial charge is 0.469 e. The van der Waals surface area contributed by atoms with Gasteiger partial charge in [-0.05, 0) is 42.2 Å². The van der Waals surface area contributed by atoms with Crippen molar-refractivity contribution in [3.05, 3.63) is 46.5 Å². The molecule has 31 heavy (non-hydrogen) atoms. The first kappa shape index (κ1) is 21.4. The molecule has 1 aromatic carbocycles. The second-order valence-electron chi connectivity index (χ2n) is 7.95. The predicted octanol–water partition coefficient (Wildman–Crippen LogP) is 1.70. The van der Waals surface area contributed by atoms with Crippen molar-refractivity contribution in [3.8, 4) is 0 Å². The minimum absolute atomic E-state index is 0.0166. The van der Waals surface area contributed by atoms with E-state index in [-0.39, 0.29) is 28.3 Å². The number of non-ortho nitro benzene ring substituents is 1. The van der Waals surface area contributed by atoms with Gasteiger partial charge in [-0.25, -0.2) is 0 Å². The van der Waals surface area contributed by atoms with Crippen LogP contribution in [-0.2, 0) is 33.4 Å². The summed E-state index contributed by atoms with van der Waals surface area (Å²) in [5.74, 6) is -3.47. The number of rotatable bonds is 6. The van der Waals surface area contributed by atoms with Crippen molar-refractivity contribution >= 4 is 27.7 Å². The van der Waals surface area contributed by atoms with Crippen LogP contribution in [0.1, 0.15) is 6.42 Å². The average Bonchev–Trinajstić information content (AvgIpc) is 2.75. The molecule has 1 aromatic rings. The second kappa shape index (κ2) is 7.72. The first-order valence-electron chi connectivity index (χ1n) is 9.71. The Morgan fingerprint density at radius 1 is 1.00 bits per heavy atom. The average molecular weight is 451 g/mol. The van der Waals surface area contributed by atoms with E-state index in [2.05, 4.69) is 0 Å². The van der Waals surface area contributed by atoms with Gasteiger partial charge in [-0.1, -0.05) is 12.2 Å². The zero-order chi connectivity index (χ0) is 22.5. The van der Waals surface area contributed by atoms with Gasteiger partial charge in [-0.3, -0.25) is 23.9 Å². The molecule has 2 fully saturated rings. The van der Waals surface area contributed by atoms with Gasteiger partial charge in [0.05, 0.1) is 42.0 Å². The molecule has 0 aliphatic heterocycles. The number of allylic oxidation sites excluding steroid dienone is 2. The number of benzene rings is 1. The van der Waals surface area contributed by atoms with Crippen molar-refractivity contribution in [1.82, 2.24) is 0 Å². The van der Waals surface area contributed by atoms with Crippen molar-refractivity contribution in [2.24, 2.45) is 35.5 Å². The zero-order valence-electron chi connectivity index (χ0n) is 16.7. The number of esters is 2. The molecule has 10 nitrogen and oxygen atoms in total. The Hall–Kier alpha value is -2.79. The number of methoxy groups -OCH3 is 2. The van der Waals surface area contributed by atoms with Crippen molar-refractivity contribution in [3.63, 3.8) is 0 Å². The van der Waals surface area contributed by atoms with E-state index in [1.54, 1.807) is 0 Å². The Bertz CT molecular complexity index is 1050. The molecule has 0 N–H and O–H groups in total. The monoisotopic (exact) mass is 451 g/mol. The minimum atomic E-state index is -4.16. The van der Waals surface area contributed by atoms with E-state index in [0.29, 0.717) is 6.42 Å². The second-order valence-corrected chi connectivity index (χ2v) is 9.53. The molecule has 0 heterocycles. The summed E-state index contributed by atoms with van der Waals surface area (Å²) in [5.41, 5.74) is -0.229. The highest BCUT2D eigenvalue weighted by atomic mass is 32.2. The molecule has 11 heteroatoms. The van der Waals surface area contributed by atoms with Gasteiger partial charge >= 0.3 is 11.9 Å². The van der Waals surface area contributed by atoms with Crippen LogP contribution in [0.15, 0.2) is 41.3 Å². The first-order chi connectivity index (χ1) is 14.7. The fourth-order valence-corrected chi connectivity index (χ4v) is 6.41. The van der Waals surface area contributed by atoms with E-state index in [1.165, 1.54) is 14.2 Å². The molecule has 0 aromatic heterocycles. The lowest BCUT2D eigenvalue weighted by atomic mass is 9.45. The Labute approximate surface area is 178 Å². The standard InChI is InChI=1S/C20H21NO9S/c1-28-19(22)17-12-7-8-13(18(17)20(23)29-2)16-14(12)9-15(16)30-31(26,27)11-5-3-10(4-6-11)21(24)25/h3-8,12-18H,9H2,1-2H3/t12-,13-,14+,15-,16-,17-,18-/m0/s1. The molecule has 0 spiro atoms. The van der Waals surface area contributed by atoms with Gasteiger partial charge in [0.1, 0.15) is 0 Å². The van der Waals surface area contributed by atoms with Gasteiger partial charge in [-0.15, -0.1) is 0 Å². The Balaban J connectivity index is 1.57. The van der Waals surface area contributed by atoms with E-state index in [9.17, 15) is 28.1 Å². The van der Waals surface area contributed by atoms with E-state index in [4.69, 9.17) is 13.7 Å². The third-order valence-electron chi connectivity index (χ3n) is 6.67. The number of nitro benzene ring substituents is 1. The van der Waals surface area contributed by atoms with Gasteiger partial charge in [0.25, 0.3) is 15.8 Å². The number of hydrogen-bond acceptors (Lipinski definition) is 9. The first-order valence-corrected chi connectivity index (χ1v) is 11.1. The summed E-state index contributed by atoms with van der Waals surface area (Å²) in [6.45, 7) is 0. The minimum Gasteiger partial charge on any atom is -0.469 e. The van der Waals surface area contributed by atoms with Gasteiger partial charge in [0.2, 0.25) is 0 Å². The molecular formula is C20H21NO9S. The summed E-state index contributed by atoms with van der Waals surface area (Å²) >= 11 is 0. The quantitative estimate of drug-likeness (QED) is 0.208. The van der Waals surface area contributed by atoms with Crippen molar-refractivity contribution in [1.29, 1.82) is 0 Å². The van der Waals surface area contributed by atoms with Gasteiger partial charge in [-0.2, -0.15) is 8.42 Å². The van der Waals surface area contributed by atoms with Crippen LogP contribution in [0.5, 0.6) is 0 Å². The topological polar surface area (TPSA) is 139 Å². The third kappa shape index (κ3) is 3.41. The van der Waals surface area contributed by atoms with Crippen molar-refractivity contribution < 1.29 is 36.6 Å². The SMILES string of the molecule is COC(=O)[C@H]1[C@H]2C=C[C@@H]([C@H]3C[C@H](OS(=O)(=O)c4ccc([N+](=O)[O-])cc4)[C@@H]23)[C@@H]1C(=O)OC. The molecule has 0 amide bonds. The number of carbonyl (C=O) groups excluding carboxylic acids is 2. The fraction of sp³-hybridized carbons (Fsp3) is 0.500. The molecular weight excluding hydrogens is 430 g/mol. The van der Waals surface area contributed by atoms with E-state index < -0.39 is 50.8 Å². The molecule has 2 saturated carbocycles. The van der Waals surface area contributed by atoms with Gasteiger partial charge < -0.3 is 9.47 Å². The van der Waals surface area contributed by atoms with Gasteiger partial charge in [0.15, 0.2) is 0 Å². The zero-order valence-corrected chi connectivity index (χ0v) is 17.6. The van der Waals surface area contributed by atoms with Crippen LogP contribution in [-0.4, -0.2) is 45.6 Å². The van der Waals surface area contributed by atoms with Crippen LogP contribution in [0.4, 0.5) is 5.69 Å². The lowest BCUT2D eigenvalue weighted by Gasteiger charge is -2.59. The van der Waals surface area contributed by atoms with E-state index in [0.717, 1.165) is 24.3 Å². The van der Waals surface area contributed by atoms with Crippen LogP contribution in [0.25, 0.3) is 0 Å². The van der Waals surface area contributed by atoms with E-state index in [1.807, 2.05) is 12.2 Å². The molecule has 4 aliphatic rings. The number of carbonyl (C=O) groups is 2. The molecule has 4 aliphatic carbocycles. The Morgan fingerprint density at radius 2 is 1.55 bits per heavy atom. The maximum Gasteiger partial charge on any atom is 0.310 e. The maximum absolute atomic E-state index is 12.7. The van der Waals surface area contributed by atoms with Crippen LogP contribution >= 0.6 is 0 Å². The van der Waals surface area contributed by atoms with Crippen LogP contribution in [0, 0.1) is 45.6 Å². The summed E-state index contributed by atoms with van der Waals surface area (Å²) in [4.78, 5) is 34.9. The summed E-state index contributed by atoms with van der Waals surface area (Å²) in [5, 5.41) is 10.8. The fourth-order valence-electron chi connectivity index (χ4n) is 5.30. The number of hydrogen-bond donors (Lipinski definition) is 0. The van der Waals surface area contributed by atoms with Crippen LogP contribution in [0.3, 0.4) is 0 Å². The lowest BCUT2D eigenvalue weighted by Crippen LogP contribution is -2.63. The normalized spacial score (nSPS) is 33.2. The van der Waals surface area contributed by atoms with Crippen LogP contribution in [0.2, 0.25) is 0 Å². The predicted molar refractivity (Wildman–Crippen MR) is 104 cm³/mol. The lowest BCUT2D eigenvalue weighted by molar-refractivity contribution is -0.384. The van der Waals surface area contributed by atoms with Gasteiger partial charge in [0, 0.05) is 12.1 Å². The number of fused-ring (bicyclic) bond motifs is 1. The summed E-state index contributed by atoms with van der Waals surface area (Å²) in [7, 11) is -1.65. The maximum atomic E-state index is 12.7. The highest BCUT2D eigenvalue weighted by Crippen LogP contribution is 2.61. The van der Waals surface area contributed by atoms with Crippen molar-refractivity contribution in [2.45, 2.75) is 17.4 Å². The molecule has 0 saturated heterocycles. The smallest absolute Gasteiger partial charge is 0.310 e. The summed E-state index contributed by atoms with van der Waals surface area (Å²) < 4.78 is 40.7. The Morgan fingerprint density at radius 3 is 2.10 bits per heavy atom. The molecule has 0 radical (unpaired) electrons. The molecule has 166 valence electrons. The number of nitro groups is 1. The van der Waals surface area contributed by atoms with E-state index >= 15 is 0 Å². The third-order valence-corrected chi connectivity index (χ3v) is 8.02. The summed E-state index contributed by atoms with van der Waals surface area (Å²) in [6, 6.07) is 4.45.